The zero-order valence-electron chi connectivity index (χ0n) is 16.1. The molecule has 2 aromatic rings. The molecule has 0 aromatic heterocycles. The van der Waals surface area contributed by atoms with E-state index in [0.717, 1.165) is 11.4 Å². The lowest BCUT2D eigenvalue weighted by molar-refractivity contribution is -0.142. The Bertz CT molecular complexity index is 934. The van der Waals surface area contributed by atoms with E-state index in [1.807, 2.05) is 43.3 Å². The van der Waals surface area contributed by atoms with Crippen LogP contribution in [0.1, 0.15) is 16.8 Å². The zero-order valence-corrected chi connectivity index (χ0v) is 16.1. The van der Waals surface area contributed by atoms with Gasteiger partial charge in [0.05, 0.1) is 23.5 Å². The number of aliphatic hydroxyl groups excluding tert-OH is 1. The van der Waals surface area contributed by atoms with Crippen molar-refractivity contribution in [2.75, 3.05) is 25.6 Å². The molecular formula is C21H21N3O5. The number of cyclic esters (lactones) is 1. The van der Waals surface area contributed by atoms with E-state index in [1.165, 1.54) is 6.08 Å². The summed E-state index contributed by atoms with van der Waals surface area (Å²) in [4.78, 5) is 25.1. The summed E-state index contributed by atoms with van der Waals surface area (Å²) in [5, 5.41) is 17.5. The number of aliphatic hydroxyl groups is 1. The highest BCUT2D eigenvalue weighted by Gasteiger charge is 2.24. The fourth-order valence-electron chi connectivity index (χ4n) is 2.57. The minimum absolute atomic E-state index is 0.0605. The molecule has 29 heavy (non-hydrogen) atoms. The normalized spacial score (nSPS) is 15.9. The number of azo groups is 1. The highest BCUT2D eigenvalue weighted by molar-refractivity contribution is 5.90. The summed E-state index contributed by atoms with van der Waals surface area (Å²) in [6, 6.07) is 14.2. The van der Waals surface area contributed by atoms with Crippen molar-refractivity contribution >= 4 is 29.0 Å². The summed E-state index contributed by atoms with van der Waals surface area (Å²) in [6.45, 7) is 0.0605. The fourth-order valence-corrected chi connectivity index (χ4v) is 2.57. The Labute approximate surface area is 168 Å². The maximum absolute atomic E-state index is 12.1. The topological polar surface area (TPSA) is 101 Å². The number of nitrogens with zero attached hydrogens (tertiary/aromatic N) is 3. The van der Waals surface area contributed by atoms with Crippen LogP contribution in [0.5, 0.6) is 0 Å². The largest absolute Gasteiger partial charge is 0.502 e. The third kappa shape index (κ3) is 5.41. The van der Waals surface area contributed by atoms with Crippen LogP contribution >= 0.6 is 0 Å². The Hall–Kier alpha value is -3.68. The summed E-state index contributed by atoms with van der Waals surface area (Å²) in [6.07, 6.45) is 0.995. The van der Waals surface area contributed by atoms with E-state index in [4.69, 9.17) is 9.47 Å². The predicted molar refractivity (Wildman–Crippen MR) is 107 cm³/mol. The summed E-state index contributed by atoms with van der Waals surface area (Å²) >= 11 is 0. The number of ether oxygens (including phenoxy) is 2. The van der Waals surface area contributed by atoms with Crippen molar-refractivity contribution in [2.24, 2.45) is 10.2 Å². The number of hydrogen-bond donors (Lipinski definition) is 1. The van der Waals surface area contributed by atoms with Crippen molar-refractivity contribution in [3.05, 3.63) is 65.9 Å². The Morgan fingerprint density at radius 2 is 1.66 bits per heavy atom. The van der Waals surface area contributed by atoms with Crippen molar-refractivity contribution in [1.29, 1.82) is 0 Å². The van der Waals surface area contributed by atoms with Crippen LogP contribution in [0.3, 0.4) is 0 Å². The summed E-state index contributed by atoms with van der Waals surface area (Å²) in [7, 11) is 3.93. The first kappa shape index (κ1) is 20.1. The summed E-state index contributed by atoms with van der Waals surface area (Å²) < 4.78 is 10.0. The number of carbonyl (C=O) groups excluding carboxylic acids is 2. The van der Waals surface area contributed by atoms with Crippen LogP contribution in [0.4, 0.5) is 17.1 Å². The highest BCUT2D eigenvalue weighted by atomic mass is 16.6. The third-order valence-corrected chi connectivity index (χ3v) is 4.20. The standard InChI is InChI=1S/C21H21N3O5/c1-24(2)17-9-7-16(8-10-17)23-22-15-5-3-14(4-6-15)20(26)28-12-11-18-13-19(25)21(27)29-18/h3-10,13,18,25H,11-12H2,1-2H3. The van der Waals surface area contributed by atoms with E-state index in [0.29, 0.717) is 11.3 Å². The van der Waals surface area contributed by atoms with Gasteiger partial charge in [0.1, 0.15) is 6.10 Å². The van der Waals surface area contributed by atoms with E-state index in [1.54, 1.807) is 24.3 Å². The number of anilines is 1. The lowest BCUT2D eigenvalue weighted by Gasteiger charge is -2.11. The van der Waals surface area contributed by atoms with Gasteiger partial charge in [-0.1, -0.05) is 0 Å². The molecule has 1 atom stereocenters. The lowest BCUT2D eigenvalue weighted by Crippen LogP contribution is -2.14. The quantitative estimate of drug-likeness (QED) is 0.560. The van der Waals surface area contributed by atoms with Crippen LogP contribution in [0.25, 0.3) is 0 Å². The molecule has 0 aliphatic carbocycles. The van der Waals surface area contributed by atoms with Crippen LogP contribution in [0, 0.1) is 0 Å². The van der Waals surface area contributed by atoms with E-state index >= 15 is 0 Å². The molecule has 1 heterocycles. The van der Waals surface area contributed by atoms with Gasteiger partial charge < -0.3 is 19.5 Å². The molecule has 1 N–H and O–H groups in total. The van der Waals surface area contributed by atoms with Gasteiger partial charge in [0.2, 0.25) is 5.76 Å². The summed E-state index contributed by atoms with van der Waals surface area (Å²) in [5.41, 5.74) is 2.79. The van der Waals surface area contributed by atoms with Gasteiger partial charge in [0.25, 0.3) is 0 Å². The fraction of sp³-hybridized carbons (Fsp3) is 0.238. The van der Waals surface area contributed by atoms with Gasteiger partial charge in [-0.15, -0.1) is 0 Å². The predicted octanol–water partition coefficient (Wildman–Crippen LogP) is 4.08. The van der Waals surface area contributed by atoms with Gasteiger partial charge in [0, 0.05) is 32.3 Å². The first-order valence-corrected chi connectivity index (χ1v) is 9.00. The Kier molecular flexibility index (Phi) is 6.23. The molecule has 0 radical (unpaired) electrons. The van der Waals surface area contributed by atoms with E-state index in [9.17, 15) is 14.7 Å². The highest BCUT2D eigenvalue weighted by Crippen LogP contribution is 2.22. The lowest BCUT2D eigenvalue weighted by atomic mass is 10.2. The Morgan fingerprint density at radius 3 is 2.17 bits per heavy atom. The van der Waals surface area contributed by atoms with Gasteiger partial charge in [0.15, 0.2) is 0 Å². The molecule has 1 aliphatic rings. The first-order chi connectivity index (χ1) is 13.9. The molecule has 1 aliphatic heterocycles. The summed E-state index contributed by atoms with van der Waals surface area (Å²) in [5.74, 6) is -1.68. The second-order valence-electron chi connectivity index (χ2n) is 6.58. The molecule has 8 heteroatoms. The van der Waals surface area contributed by atoms with Crippen molar-refractivity contribution in [3.8, 4) is 0 Å². The number of carbonyl (C=O) groups is 2. The molecule has 8 nitrogen and oxygen atoms in total. The van der Waals surface area contributed by atoms with E-state index in [-0.39, 0.29) is 13.0 Å². The molecule has 3 rings (SSSR count). The zero-order chi connectivity index (χ0) is 20.8. The molecule has 0 amide bonds. The minimum atomic E-state index is -0.764. The van der Waals surface area contributed by atoms with Crippen LogP contribution in [0.2, 0.25) is 0 Å². The minimum Gasteiger partial charge on any atom is -0.502 e. The van der Waals surface area contributed by atoms with Gasteiger partial charge in [-0.3, -0.25) is 0 Å². The number of esters is 2. The molecule has 0 fully saturated rings. The molecule has 0 bridgehead atoms. The van der Waals surface area contributed by atoms with Gasteiger partial charge in [-0.05, 0) is 48.5 Å². The van der Waals surface area contributed by atoms with E-state index in [2.05, 4.69) is 10.2 Å². The number of rotatable bonds is 7. The Balaban J connectivity index is 1.50. The molecule has 0 saturated carbocycles. The smallest absolute Gasteiger partial charge is 0.373 e. The van der Waals surface area contributed by atoms with Crippen LogP contribution in [-0.2, 0) is 14.3 Å². The maximum atomic E-state index is 12.1. The molecule has 1 unspecified atom stereocenters. The van der Waals surface area contributed by atoms with Crippen LogP contribution in [-0.4, -0.2) is 43.9 Å². The SMILES string of the molecule is CN(C)c1ccc(N=Nc2ccc(C(=O)OCCC3C=C(O)C(=O)O3)cc2)cc1. The average molecular weight is 395 g/mol. The van der Waals surface area contributed by atoms with Crippen LogP contribution in [0.15, 0.2) is 70.6 Å². The van der Waals surface area contributed by atoms with Crippen molar-refractivity contribution in [1.82, 2.24) is 0 Å². The number of benzene rings is 2. The third-order valence-electron chi connectivity index (χ3n) is 4.20. The van der Waals surface area contributed by atoms with Gasteiger partial charge in [-0.2, -0.15) is 10.2 Å². The second kappa shape index (κ2) is 9.01. The second-order valence-corrected chi connectivity index (χ2v) is 6.58. The van der Waals surface area contributed by atoms with E-state index < -0.39 is 23.8 Å². The monoisotopic (exact) mass is 395 g/mol. The average Bonchev–Trinajstić information content (AvgIpc) is 3.04. The first-order valence-electron chi connectivity index (χ1n) is 9.00. The molecule has 0 spiro atoms. The maximum Gasteiger partial charge on any atom is 0.373 e. The Morgan fingerprint density at radius 1 is 1.07 bits per heavy atom. The molecule has 2 aromatic carbocycles. The van der Waals surface area contributed by atoms with Gasteiger partial charge >= 0.3 is 11.9 Å². The van der Waals surface area contributed by atoms with Crippen LogP contribution < -0.4 is 4.90 Å². The van der Waals surface area contributed by atoms with Gasteiger partial charge in [-0.25, -0.2) is 9.59 Å². The molecule has 0 saturated heterocycles. The van der Waals surface area contributed by atoms with Crippen molar-refractivity contribution in [3.63, 3.8) is 0 Å². The van der Waals surface area contributed by atoms with Crippen molar-refractivity contribution in [2.45, 2.75) is 12.5 Å². The molecule has 150 valence electrons. The van der Waals surface area contributed by atoms with Crippen molar-refractivity contribution < 1.29 is 24.2 Å². The molecular weight excluding hydrogens is 374 g/mol. The number of hydrogen-bond acceptors (Lipinski definition) is 8.